The number of rotatable bonds is 7. The van der Waals surface area contributed by atoms with Gasteiger partial charge in [-0.3, -0.25) is 4.79 Å². The van der Waals surface area contributed by atoms with Crippen molar-refractivity contribution in [3.63, 3.8) is 0 Å². The van der Waals surface area contributed by atoms with Crippen LogP contribution < -0.4 is 16.0 Å². The van der Waals surface area contributed by atoms with Gasteiger partial charge in [0, 0.05) is 16.8 Å². The summed E-state index contributed by atoms with van der Waals surface area (Å²) in [4.78, 5) is 45.0. The van der Waals surface area contributed by atoms with Gasteiger partial charge in [0.2, 0.25) is 0 Å². The van der Waals surface area contributed by atoms with Crippen LogP contribution in [0.5, 0.6) is 0 Å². The summed E-state index contributed by atoms with van der Waals surface area (Å²) >= 11 is 5.48. The lowest BCUT2D eigenvalue weighted by atomic mass is 9.97. The smallest absolute Gasteiger partial charge is 0.408 e. The average Bonchev–Trinajstić information content (AvgIpc) is 3.06. The van der Waals surface area contributed by atoms with Gasteiger partial charge >= 0.3 is 12.1 Å². The third-order valence-electron chi connectivity index (χ3n) is 4.44. The zero-order chi connectivity index (χ0) is 22.6. The molecule has 3 amide bonds. The van der Waals surface area contributed by atoms with E-state index in [0.29, 0.717) is 27.6 Å². The summed E-state index contributed by atoms with van der Waals surface area (Å²) in [5.41, 5.74) is 0.719. The van der Waals surface area contributed by atoms with Crippen molar-refractivity contribution in [2.45, 2.75) is 45.3 Å². The molecule has 160 valence electrons. The van der Waals surface area contributed by atoms with E-state index in [2.05, 4.69) is 15.3 Å². The van der Waals surface area contributed by atoms with Gasteiger partial charge in [0.25, 0.3) is 0 Å². The second-order valence-corrected chi connectivity index (χ2v) is 8.63. The van der Waals surface area contributed by atoms with Crippen molar-refractivity contribution < 1.29 is 19.1 Å². The Morgan fingerprint density at radius 2 is 1.77 bits per heavy atom. The highest BCUT2D eigenvalue weighted by Gasteiger charge is 2.26. The molecule has 0 unspecified atom stereocenters. The van der Waals surface area contributed by atoms with E-state index in [1.807, 2.05) is 30.3 Å². The first-order valence-corrected chi connectivity index (χ1v) is 10.2. The van der Waals surface area contributed by atoms with Gasteiger partial charge in [0.05, 0.1) is 11.4 Å². The van der Waals surface area contributed by atoms with Crippen molar-refractivity contribution in [1.82, 2.24) is 5.32 Å². The molecule has 0 fully saturated rings. The predicted octanol–water partition coefficient (Wildman–Crippen LogP) is 2.87. The van der Waals surface area contributed by atoms with Gasteiger partial charge in [0.1, 0.15) is 11.0 Å². The minimum absolute atomic E-state index is 0.0944. The third-order valence-corrected chi connectivity index (χ3v) is 4.80. The molecule has 0 aliphatic carbocycles. The van der Waals surface area contributed by atoms with Crippen molar-refractivity contribution in [1.29, 1.82) is 0 Å². The van der Waals surface area contributed by atoms with E-state index in [0.717, 1.165) is 5.56 Å². The number of urea groups is 1. The first kappa shape index (κ1) is 22.4. The molecule has 8 heteroatoms. The number of hydrogen-bond acceptors (Lipinski definition) is 5. The van der Waals surface area contributed by atoms with Gasteiger partial charge in [-0.25, -0.2) is 9.59 Å². The molecule has 0 saturated carbocycles. The monoisotopic (exact) mass is 437 g/mol. The number of ketones is 1. The molecule has 1 N–H and O–H groups in total. The van der Waals surface area contributed by atoms with Crippen LogP contribution in [-0.4, -0.2) is 34.4 Å². The first-order valence-electron chi connectivity index (χ1n) is 9.82. The largest absolute Gasteiger partial charge is 0.444 e. The van der Waals surface area contributed by atoms with Crippen molar-refractivity contribution >= 4 is 35.0 Å². The molecule has 0 aromatic heterocycles. The molecule has 0 radical (unpaired) electrons. The van der Waals surface area contributed by atoms with Gasteiger partial charge < -0.3 is 10.1 Å². The van der Waals surface area contributed by atoms with Crippen LogP contribution in [0.2, 0.25) is 0 Å². The van der Waals surface area contributed by atoms with Crippen molar-refractivity contribution in [2.75, 3.05) is 0 Å². The third kappa shape index (κ3) is 6.11. The van der Waals surface area contributed by atoms with Crippen LogP contribution in [-0.2, 0) is 16.0 Å². The van der Waals surface area contributed by atoms with Gasteiger partial charge in [-0.1, -0.05) is 54.7 Å². The number of fused-ring (bicyclic) bond motifs is 1. The zero-order valence-electron chi connectivity index (χ0n) is 17.5. The predicted molar refractivity (Wildman–Crippen MR) is 119 cm³/mol. The highest BCUT2D eigenvalue weighted by Crippen LogP contribution is 2.11. The number of carbonyl (C=O) groups is 3. The molecule has 7 nitrogen and oxygen atoms in total. The van der Waals surface area contributed by atoms with Crippen LogP contribution in [0.1, 0.15) is 38.3 Å². The lowest BCUT2D eigenvalue weighted by molar-refractivity contribution is -0.119. The Bertz CT molecular complexity index is 1150. The summed E-state index contributed by atoms with van der Waals surface area (Å²) in [7, 11) is 0. The zero-order valence-corrected chi connectivity index (χ0v) is 18.4. The van der Waals surface area contributed by atoms with E-state index in [1.54, 1.807) is 39.0 Å². The van der Waals surface area contributed by atoms with E-state index < -0.39 is 23.8 Å². The summed E-state index contributed by atoms with van der Waals surface area (Å²) in [5, 5.41) is 3.49. The van der Waals surface area contributed by atoms with Crippen LogP contribution >= 0.6 is 12.2 Å². The number of nitrogens with zero attached hydrogens (tertiary/aromatic N) is 2. The number of nitrogens with one attached hydrogen (secondary N) is 1. The molecule has 1 heterocycles. The first-order chi connectivity index (χ1) is 14.6. The van der Waals surface area contributed by atoms with Crippen LogP contribution in [0.25, 0.3) is 0 Å². The summed E-state index contributed by atoms with van der Waals surface area (Å²) in [5.74, 6) is -0.265. The fourth-order valence-electron chi connectivity index (χ4n) is 3.11. The Morgan fingerprint density at radius 3 is 2.45 bits per heavy atom. The molecule has 0 bridgehead atoms. The van der Waals surface area contributed by atoms with Gasteiger partial charge in [-0.2, -0.15) is 9.98 Å². The summed E-state index contributed by atoms with van der Waals surface area (Å²) in [6, 6.07) is 13.0. The van der Waals surface area contributed by atoms with Crippen LogP contribution in [0.3, 0.4) is 0 Å². The maximum atomic E-state index is 13.1. The number of alkyl carbamates (subject to hydrolysis) is 1. The average molecular weight is 438 g/mol. The fraction of sp³-hybridized carbons (Fsp3) is 0.304. The molecule has 2 aromatic rings. The number of para-hydroxylation sites is 1. The Morgan fingerprint density at radius 1 is 1.06 bits per heavy atom. The van der Waals surface area contributed by atoms with Gasteiger partial charge in [-0.15, -0.1) is 0 Å². The number of Topliss-reactive ketones (excluding diaryl/α,β-unsaturated/α-hetero) is 1. The van der Waals surface area contributed by atoms with Gasteiger partial charge in [-0.05, 0) is 38.8 Å². The molecule has 31 heavy (non-hydrogen) atoms. The number of ether oxygens (including phenoxy) is 1. The lowest BCUT2D eigenvalue weighted by Crippen LogP contribution is -2.45. The Kier molecular flexibility index (Phi) is 6.70. The topological polar surface area (TPSA) is 97.2 Å². The Hall–Kier alpha value is -3.26. The molecule has 1 atom stereocenters. The number of amides is 3. The van der Waals surface area contributed by atoms with Crippen LogP contribution in [0, 0.1) is 0 Å². The van der Waals surface area contributed by atoms with E-state index >= 15 is 0 Å². The molecular weight excluding hydrogens is 414 g/mol. The molecule has 0 saturated heterocycles. The highest BCUT2D eigenvalue weighted by atomic mass is 32.1. The van der Waals surface area contributed by atoms with Crippen molar-refractivity contribution in [3.05, 3.63) is 70.4 Å². The minimum atomic E-state index is -0.824. The fourth-order valence-corrected chi connectivity index (χ4v) is 3.42. The lowest BCUT2D eigenvalue weighted by Gasteiger charge is -2.23. The number of thiocarbonyl (C=S) groups is 1. The molecule has 0 spiro atoms. The van der Waals surface area contributed by atoms with Crippen LogP contribution in [0.4, 0.5) is 9.59 Å². The number of hydrogen-bond donors (Lipinski definition) is 1. The normalized spacial score (nSPS) is 13.5. The minimum Gasteiger partial charge on any atom is -0.444 e. The second-order valence-electron chi connectivity index (χ2n) is 8.13. The maximum Gasteiger partial charge on any atom is 0.408 e. The Labute approximate surface area is 185 Å². The Balaban J connectivity index is 1.80. The molecule has 3 rings (SSSR count). The summed E-state index contributed by atoms with van der Waals surface area (Å²) in [6.45, 7) is 5.25. The number of carbonyl (C=O) groups excluding carboxylic acids is 3. The van der Waals surface area contributed by atoms with E-state index in [4.69, 9.17) is 17.0 Å². The summed E-state index contributed by atoms with van der Waals surface area (Å²) in [6.07, 6.45) is -0.470. The maximum absolute atomic E-state index is 13.1. The van der Waals surface area contributed by atoms with Gasteiger partial charge in [0.15, 0.2) is 5.78 Å². The van der Waals surface area contributed by atoms with Crippen molar-refractivity contribution in [2.24, 2.45) is 9.98 Å². The number of benzene rings is 2. The molecular formula is C23H23N3O4S. The summed E-state index contributed by atoms with van der Waals surface area (Å²) < 4.78 is 5.32. The quantitative estimate of drug-likeness (QED) is 0.531. The molecule has 1 aliphatic heterocycles. The van der Waals surface area contributed by atoms with E-state index in [9.17, 15) is 14.4 Å². The SMILES string of the molecule is CC(C)(C)OC(=O)N[C@@H](Cc1ccccc1)C(=O)CC(=S)c1cccc2c1=NC(=O)N=2. The molecule has 2 aromatic carbocycles. The second kappa shape index (κ2) is 9.26. The van der Waals surface area contributed by atoms with Crippen LogP contribution in [0.15, 0.2) is 58.5 Å². The van der Waals surface area contributed by atoms with E-state index in [-0.39, 0.29) is 12.2 Å². The highest BCUT2D eigenvalue weighted by molar-refractivity contribution is 7.80. The van der Waals surface area contributed by atoms with E-state index in [1.165, 1.54) is 0 Å². The van der Waals surface area contributed by atoms with Crippen molar-refractivity contribution in [3.8, 4) is 0 Å². The standard InChI is InChI=1S/C23H23N3O4S/c1-23(2,3)30-22(29)25-17(12-14-8-5-4-6-9-14)18(27)13-19(31)15-10-7-11-16-20(15)26-21(28)24-16/h4-11,17H,12-13H2,1-3H3,(H,25,29)/t17-/m0/s1. The molecule has 1 aliphatic rings.